The first-order valence-corrected chi connectivity index (χ1v) is 8.27. The lowest BCUT2D eigenvalue weighted by molar-refractivity contribution is 0.101. The van der Waals surface area contributed by atoms with Crippen molar-refractivity contribution in [1.82, 2.24) is 15.0 Å². The lowest BCUT2D eigenvalue weighted by Gasteiger charge is -2.12. The molecule has 2 heterocycles. The number of nitrogens with zero attached hydrogens (tertiary/aromatic N) is 3. The second-order valence-electron chi connectivity index (χ2n) is 5.95. The number of ketones is 1. The Kier molecular flexibility index (Phi) is 3.93. The van der Waals surface area contributed by atoms with Crippen molar-refractivity contribution in [3.63, 3.8) is 0 Å². The van der Waals surface area contributed by atoms with Gasteiger partial charge in [0.2, 0.25) is 5.95 Å². The largest absolute Gasteiger partial charge is 0.357 e. The van der Waals surface area contributed by atoms with Gasteiger partial charge in [0.15, 0.2) is 11.6 Å². The van der Waals surface area contributed by atoms with E-state index in [0.717, 1.165) is 27.5 Å². The molecule has 6 heteroatoms. The first-order valence-electron chi connectivity index (χ1n) is 8.27. The molecule has 6 nitrogen and oxygen atoms in total. The molecule has 0 unspecified atom stereocenters. The van der Waals surface area contributed by atoms with Crippen LogP contribution in [0.3, 0.4) is 0 Å². The fourth-order valence-corrected chi connectivity index (χ4v) is 2.87. The number of carbonyl (C=O) groups excluding carboxylic acids is 1. The van der Waals surface area contributed by atoms with Crippen molar-refractivity contribution in [3.05, 3.63) is 60.3 Å². The van der Waals surface area contributed by atoms with Crippen molar-refractivity contribution in [1.29, 1.82) is 0 Å². The molecule has 2 aromatic carbocycles. The number of pyridine rings is 1. The van der Waals surface area contributed by atoms with Crippen molar-refractivity contribution in [2.45, 2.75) is 6.92 Å². The van der Waals surface area contributed by atoms with E-state index in [1.165, 1.54) is 0 Å². The Balaban J connectivity index is 1.99. The molecular weight excluding hydrogens is 326 g/mol. The lowest BCUT2D eigenvalue weighted by Crippen LogP contribution is -2.02. The highest BCUT2D eigenvalue weighted by molar-refractivity contribution is 6.10. The van der Waals surface area contributed by atoms with Gasteiger partial charge in [-0.05, 0) is 25.1 Å². The number of benzene rings is 2. The van der Waals surface area contributed by atoms with Crippen LogP contribution in [0.5, 0.6) is 0 Å². The normalized spacial score (nSPS) is 10.8. The molecule has 128 valence electrons. The number of rotatable bonds is 4. The van der Waals surface area contributed by atoms with Crippen LogP contribution in [0, 0.1) is 0 Å². The van der Waals surface area contributed by atoms with Gasteiger partial charge < -0.3 is 10.6 Å². The third-order valence-electron chi connectivity index (χ3n) is 4.20. The lowest BCUT2D eigenvalue weighted by atomic mass is 10.1. The van der Waals surface area contributed by atoms with Crippen LogP contribution >= 0.6 is 0 Å². The summed E-state index contributed by atoms with van der Waals surface area (Å²) in [5, 5.41) is 8.07. The van der Waals surface area contributed by atoms with Gasteiger partial charge in [-0.3, -0.25) is 4.79 Å². The maximum absolute atomic E-state index is 11.7. The van der Waals surface area contributed by atoms with Crippen molar-refractivity contribution in [3.8, 4) is 0 Å². The number of carbonyl (C=O) groups is 1. The molecule has 26 heavy (non-hydrogen) atoms. The monoisotopic (exact) mass is 343 g/mol. The van der Waals surface area contributed by atoms with E-state index in [4.69, 9.17) is 4.98 Å². The van der Waals surface area contributed by atoms with Crippen LogP contribution in [0.1, 0.15) is 17.3 Å². The second-order valence-corrected chi connectivity index (χ2v) is 5.95. The first kappa shape index (κ1) is 16.0. The molecule has 2 aromatic heterocycles. The zero-order chi connectivity index (χ0) is 18.1. The van der Waals surface area contributed by atoms with Crippen LogP contribution in [0.15, 0.2) is 54.7 Å². The number of anilines is 3. The number of hydrogen-bond donors (Lipinski definition) is 2. The quantitative estimate of drug-likeness (QED) is 0.428. The molecule has 0 spiro atoms. The molecule has 0 radical (unpaired) electrons. The summed E-state index contributed by atoms with van der Waals surface area (Å²) in [6.45, 7) is 1.55. The summed E-state index contributed by atoms with van der Waals surface area (Å²) >= 11 is 0. The van der Waals surface area contributed by atoms with Gasteiger partial charge in [0.05, 0.1) is 5.52 Å². The number of nitrogens with one attached hydrogen (secondary N) is 2. The maximum Gasteiger partial charge on any atom is 0.223 e. The first-order chi connectivity index (χ1) is 12.7. The molecule has 0 aliphatic carbocycles. The van der Waals surface area contributed by atoms with E-state index in [1.807, 2.05) is 42.5 Å². The smallest absolute Gasteiger partial charge is 0.223 e. The van der Waals surface area contributed by atoms with E-state index < -0.39 is 0 Å². The topological polar surface area (TPSA) is 79.8 Å². The van der Waals surface area contributed by atoms with E-state index in [9.17, 15) is 4.79 Å². The van der Waals surface area contributed by atoms with E-state index in [-0.39, 0.29) is 5.78 Å². The van der Waals surface area contributed by atoms with Crippen LogP contribution < -0.4 is 10.6 Å². The Morgan fingerprint density at radius 1 is 1.00 bits per heavy atom. The van der Waals surface area contributed by atoms with Gasteiger partial charge in [0.25, 0.3) is 0 Å². The van der Waals surface area contributed by atoms with Crippen molar-refractivity contribution >= 4 is 45.0 Å². The van der Waals surface area contributed by atoms with E-state index >= 15 is 0 Å². The summed E-state index contributed by atoms with van der Waals surface area (Å²) < 4.78 is 0. The third-order valence-corrected chi connectivity index (χ3v) is 4.20. The van der Waals surface area contributed by atoms with Crippen LogP contribution in [0.2, 0.25) is 0 Å². The summed E-state index contributed by atoms with van der Waals surface area (Å²) in [5.74, 6) is 1.15. The second kappa shape index (κ2) is 6.40. The molecule has 0 bridgehead atoms. The van der Waals surface area contributed by atoms with Crippen molar-refractivity contribution in [2.75, 3.05) is 17.7 Å². The Hall–Kier alpha value is -3.54. The standard InChI is InChI=1S/C20H17N5O/c1-12(26)13-8-9-15-16-11-22-20(21-2)25-18(16)19(24-17(15)10-13)23-14-6-4-3-5-7-14/h3-11H,1-2H3,(H,23,24)(H,21,22,25). The summed E-state index contributed by atoms with van der Waals surface area (Å²) in [5.41, 5.74) is 2.98. The molecule has 4 aromatic rings. The number of Topliss-reactive ketones (excluding diaryl/α,β-unsaturated/α-hetero) is 1. The van der Waals surface area contributed by atoms with Crippen LogP contribution in [-0.2, 0) is 0 Å². The SMILES string of the molecule is CNc1ncc2c(n1)c(Nc1ccccc1)nc1cc(C(C)=O)ccc12. The van der Waals surface area contributed by atoms with E-state index in [1.54, 1.807) is 26.2 Å². The summed E-state index contributed by atoms with van der Waals surface area (Å²) in [4.78, 5) is 25.4. The average molecular weight is 343 g/mol. The van der Waals surface area contributed by atoms with Gasteiger partial charge in [-0.2, -0.15) is 0 Å². The molecule has 0 aliphatic heterocycles. The van der Waals surface area contributed by atoms with Crippen LogP contribution in [0.25, 0.3) is 21.8 Å². The van der Waals surface area contributed by atoms with Gasteiger partial charge in [-0.1, -0.05) is 30.3 Å². The minimum Gasteiger partial charge on any atom is -0.357 e. The van der Waals surface area contributed by atoms with Crippen molar-refractivity contribution in [2.24, 2.45) is 0 Å². The van der Waals surface area contributed by atoms with Crippen LogP contribution in [0.4, 0.5) is 17.5 Å². The van der Waals surface area contributed by atoms with E-state index in [0.29, 0.717) is 17.3 Å². The van der Waals surface area contributed by atoms with E-state index in [2.05, 4.69) is 20.6 Å². The molecule has 0 saturated carbocycles. The zero-order valence-corrected chi connectivity index (χ0v) is 14.4. The third kappa shape index (κ3) is 2.82. The van der Waals surface area contributed by atoms with Gasteiger partial charge in [0.1, 0.15) is 5.52 Å². The number of para-hydroxylation sites is 1. The Morgan fingerprint density at radius 2 is 1.81 bits per heavy atom. The molecular formula is C20H17N5O. The molecule has 0 atom stereocenters. The number of aromatic nitrogens is 3. The maximum atomic E-state index is 11.7. The minimum atomic E-state index is 0.00754. The van der Waals surface area contributed by atoms with Gasteiger partial charge >= 0.3 is 0 Å². The predicted molar refractivity (Wildman–Crippen MR) is 104 cm³/mol. The summed E-state index contributed by atoms with van der Waals surface area (Å²) in [6, 6.07) is 15.3. The molecule has 0 saturated heterocycles. The Morgan fingerprint density at radius 3 is 2.54 bits per heavy atom. The molecule has 0 amide bonds. The van der Waals surface area contributed by atoms with Crippen molar-refractivity contribution < 1.29 is 4.79 Å². The Labute approximate surface area is 150 Å². The molecule has 2 N–H and O–H groups in total. The van der Waals surface area contributed by atoms with Gasteiger partial charge in [0, 0.05) is 35.3 Å². The van der Waals surface area contributed by atoms with Crippen LogP contribution in [-0.4, -0.2) is 27.8 Å². The highest BCUT2D eigenvalue weighted by Gasteiger charge is 2.13. The summed E-state index contributed by atoms with van der Waals surface area (Å²) in [7, 11) is 1.78. The predicted octanol–water partition coefficient (Wildman–Crippen LogP) is 4.17. The Bertz CT molecular complexity index is 1130. The number of hydrogen-bond acceptors (Lipinski definition) is 6. The fraction of sp³-hybridized carbons (Fsp3) is 0.100. The molecule has 4 rings (SSSR count). The fourth-order valence-electron chi connectivity index (χ4n) is 2.87. The highest BCUT2D eigenvalue weighted by atomic mass is 16.1. The highest BCUT2D eigenvalue weighted by Crippen LogP contribution is 2.30. The molecule has 0 fully saturated rings. The number of fused-ring (bicyclic) bond motifs is 3. The average Bonchev–Trinajstić information content (AvgIpc) is 2.68. The minimum absolute atomic E-state index is 0.00754. The zero-order valence-electron chi connectivity index (χ0n) is 14.4. The molecule has 0 aliphatic rings. The summed E-state index contributed by atoms with van der Waals surface area (Å²) in [6.07, 6.45) is 1.78. The van der Waals surface area contributed by atoms with Gasteiger partial charge in [-0.25, -0.2) is 15.0 Å². The van der Waals surface area contributed by atoms with Gasteiger partial charge in [-0.15, -0.1) is 0 Å².